The Bertz CT molecular complexity index is 85.9. The summed E-state index contributed by atoms with van der Waals surface area (Å²) in [4.78, 5) is 0. The van der Waals surface area contributed by atoms with E-state index in [2.05, 4.69) is 18.5 Å². The second-order valence-electron chi connectivity index (χ2n) is 3.49. The van der Waals surface area contributed by atoms with Crippen molar-refractivity contribution in [2.75, 3.05) is 25.6 Å². The Hall–Kier alpha value is 0.310. The van der Waals surface area contributed by atoms with Crippen LogP contribution in [0.1, 0.15) is 32.6 Å². The van der Waals surface area contributed by atoms with Crippen LogP contribution < -0.4 is 5.32 Å². The fraction of sp³-hybridized carbons (Fsp3) is 1.00. The molecule has 1 N–H and O–H groups in total. The highest BCUT2D eigenvalue weighted by molar-refractivity contribution is 7.98. The molecule has 0 aromatic carbocycles. The van der Waals surface area contributed by atoms with Gasteiger partial charge in [0, 0.05) is 0 Å². The fourth-order valence-electron chi connectivity index (χ4n) is 1.26. The average Bonchev–Trinajstić information content (AvgIpc) is 2.09. The molecule has 0 aromatic rings. The summed E-state index contributed by atoms with van der Waals surface area (Å²) >= 11 is 1.96. The fourth-order valence-corrected chi connectivity index (χ4v) is 1.90. The molecule has 0 radical (unpaired) electrons. The molecule has 0 fully saturated rings. The van der Waals surface area contributed by atoms with E-state index >= 15 is 0 Å². The van der Waals surface area contributed by atoms with E-state index in [9.17, 15) is 0 Å². The molecule has 0 amide bonds. The van der Waals surface area contributed by atoms with Gasteiger partial charge in [0.05, 0.1) is 0 Å². The zero-order chi connectivity index (χ0) is 9.23. The van der Waals surface area contributed by atoms with Gasteiger partial charge in [-0.3, -0.25) is 0 Å². The molecule has 1 atom stereocenters. The highest BCUT2D eigenvalue weighted by Crippen LogP contribution is 2.13. The third kappa shape index (κ3) is 8.41. The smallest absolute Gasteiger partial charge is 0.00519 e. The van der Waals surface area contributed by atoms with Crippen molar-refractivity contribution in [2.45, 2.75) is 32.6 Å². The first-order valence-corrected chi connectivity index (χ1v) is 6.34. The second-order valence-corrected chi connectivity index (χ2v) is 4.47. The van der Waals surface area contributed by atoms with E-state index in [4.69, 9.17) is 0 Å². The number of thioether (sulfide) groups is 1. The van der Waals surface area contributed by atoms with Gasteiger partial charge in [0.25, 0.3) is 0 Å². The van der Waals surface area contributed by atoms with Gasteiger partial charge in [0.2, 0.25) is 0 Å². The number of hydrogen-bond acceptors (Lipinski definition) is 2. The maximum absolute atomic E-state index is 3.18. The van der Waals surface area contributed by atoms with E-state index < -0.39 is 0 Å². The maximum Gasteiger partial charge on any atom is -0.00519 e. The van der Waals surface area contributed by atoms with Crippen LogP contribution in [0.25, 0.3) is 0 Å². The predicted molar refractivity (Wildman–Crippen MR) is 59.9 cm³/mol. The summed E-state index contributed by atoms with van der Waals surface area (Å²) in [5.74, 6) is 2.25. The van der Waals surface area contributed by atoms with Gasteiger partial charge in [-0.1, -0.05) is 19.8 Å². The van der Waals surface area contributed by atoms with Crippen LogP contribution in [0.15, 0.2) is 0 Å². The maximum atomic E-state index is 3.18. The van der Waals surface area contributed by atoms with Gasteiger partial charge in [0.15, 0.2) is 0 Å². The normalized spacial score (nSPS) is 13.2. The monoisotopic (exact) mass is 189 g/mol. The first-order valence-electron chi connectivity index (χ1n) is 4.94. The van der Waals surface area contributed by atoms with Crippen molar-refractivity contribution in [3.05, 3.63) is 0 Å². The lowest BCUT2D eigenvalue weighted by molar-refractivity contribution is 0.484. The minimum absolute atomic E-state index is 0.925. The van der Waals surface area contributed by atoms with E-state index in [0.717, 1.165) is 5.92 Å². The molecule has 0 heterocycles. The van der Waals surface area contributed by atoms with Crippen LogP contribution in [0.5, 0.6) is 0 Å². The number of rotatable bonds is 8. The number of nitrogens with one attached hydrogen (secondary N) is 1. The molecular formula is C10H23NS. The van der Waals surface area contributed by atoms with Crippen LogP contribution in [0, 0.1) is 5.92 Å². The molecule has 12 heavy (non-hydrogen) atoms. The van der Waals surface area contributed by atoms with E-state index in [1.54, 1.807) is 0 Å². The van der Waals surface area contributed by atoms with Crippen molar-refractivity contribution < 1.29 is 0 Å². The van der Waals surface area contributed by atoms with Crippen molar-refractivity contribution >= 4 is 11.8 Å². The molecule has 0 aliphatic carbocycles. The van der Waals surface area contributed by atoms with Crippen LogP contribution in [0.2, 0.25) is 0 Å². The summed E-state index contributed by atoms with van der Waals surface area (Å²) in [5.41, 5.74) is 0. The third-order valence-electron chi connectivity index (χ3n) is 2.19. The highest BCUT2D eigenvalue weighted by Gasteiger charge is 2.00. The summed E-state index contributed by atoms with van der Waals surface area (Å²) in [5, 5.41) is 3.18. The van der Waals surface area contributed by atoms with Crippen molar-refractivity contribution in [1.82, 2.24) is 5.32 Å². The van der Waals surface area contributed by atoms with Gasteiger partial charge >= 0.3 is 0 Å². The Morgan fingerprint density at radius 1 is 1.25 bits per heavy atom. The summed E-state index contributed by atoms with van der Waals surface area (Å²) < 4.78 is 0. The molecule has 0 aliphatic heterocycles. The number of hydrogen-bond donors (Lipinski definition) is 1. The molecule has 0 aliphatic rings. The van der Waals surface area contributed by atoms with Crippen LogP contribution in [0.4, 0.5) is 0 Å². The van der Waals surface area contributed by atoms with Gasteiger partial charge in [0.1, 0.15) is 0 Å². The summed E-state index contributed by atoms with van der Waals surface area (Å²) in [6, 6.07) is 0. The van der Waals surface area contributed by atoms with E-state index in [-0.39, 0.29) is 0 Å². The molecular weight excluding hydrogens is 166 g/mol. The van der Waals surface area contributed by atoms with Crippen LogP contribution in [-0.2, 0) is 0 Å². The molecule has 0 saturated heterocycles. The topological polar surface area (TPSA) is 12.0 Å². The lowest BCUT2D eigenvalue weighted by atomic mass is 10.0. The van der Waals surface area contributed by atoms with Crippen LogP contribution in [-0.4, -0.2) is 25.6 Å². The molecule has 0 aromatic heterocycles. The Morgan fingerprint density at radius 2 is 2.00 bits per heavy atom. The number of unbranched alkanes of at least 4 members (excludes halogenated alkanes) is 1. The van der Waals surface area contributed by atoms with E-state index in [0.29, 0.717) is 0 Å². The quantitative estimate of drug-likeness (QED) is 0.589. The van der Waals surface area contributed by atoms with Gasteiger partial charge in [-0.25, -0.2) is 0 Å². The summed E-state index contributed by atoms with van der Waals surface area (Å²) in [6.45, 7) is 3.55. The summed E-state index contributed by atoms with van der Waals surface area (Å²) in [6.07, 6.45) is 7.70. The van der Waals surface area contributed by atoms with Gasteiger partial charge in [-0.05, 0) is 44.4 Å². The minimum Gasteiger partial charge on any atom is -0.320 e. The first-order chi connectivity index (χ1) is 5.81. The van der Waals surface area contributed by atoms with Gasteiger partial charge in [-0.15, -0.1) is 0 Å². The molecule has 0 spiro atoms. The standard InChI is InChI=1S/C10H23NS/c1-10(7-9-12-3)6-4-5-8-11-2/h10-11H,4-9H2,1-3H3. The summed E-state index contributed by atoms with van der Waals surface area (Å²) in [7, 11) is 2.02. The van der Waals surface area contributed by atoms with Crippen LogP contribution in [0.3, 0.4) is 0 Å². The highest BCUT2D eigenvalue weighted by atomic mass is 32.2. The van der Waals surface area contributed by atoms with E-state index in [1.165, 1.54) is 38.0 Å². The van der Waals surface area contributed by atoms with Crippen molar-refractivity contribution in [1.29, 1.82) is 0 Å². The zero-order valence-electron chi connectivity index (χ0n) is 8.73. The first kappa shape index (κ1) is 12.3. The van der Waals surface area contributed by atoms with Crippen LogP contribution >= 0.6 is 11.8 Å². The van der Waals surface area contributed by atoms with Crippen molar-refractivity contribution in [3.8, 4) is 0 Å². The Morgan fingerprint density at radius 3 is 2.58 bits per heavy atom. The second kappa shape index (κ2) is 9.40. The molecule has 0 rings (SSSR count). The van der Waals surface area contributed by atoms with E-state index in [1.807, 2.05) is 18.8 Å². The molecule has 1 nitrogen and oxygen atoms in total. The zero-order valence-corrected chi connectivity index (χ0v) is 9.54. The largest absolute Gasteiger partial charge is 0.320 e. The molecule has 74 valence electrons. The average molecular weight is 189 g/mol. The third-order valence-corrected chi connectivity index (χ3v) is 2.83. The molecule has 2 heteroatoms. The lowest BCUT2D eigenvalue weighted by Crippen LogP contribution is -2.07. The van der Waals surface area contributed by atoms with Gasteiger partial charge in [-0.2, -0.15) is 11.8 Å². The Balaban J connectivity index is 3.02. The molecule has 1 unspecified atom stereocenters. The van der Waals surface area contributed by atoms with Crippen molar-refractivity contribution in [2.24, 2.45) is 5.92 Å². The lowest BCUT2D eigenvalue weighted by Gasteiger charge is -2.09. The van der Waals surface area contributed by atoms with Gasteiger partial charge < -0.3 is 5.32 Å². The Kier molecular flexibility index (Phi) is 9.64. The predicted octanol–water partition coefficient (Wildman–Crippen LogP) is 2.77. The molecule has 0 saturated carbocycles. The minimum atomic E-state index is 0.925. The molecule has 0 bridgehead atoms. The van der Waals surface area contributed by atoms with Crippen molar-refractivity contribution in [3.63, 3.8) is 0 Å². The SMILES string of the molecule is CNCCCCC(C)CCSC. The Labute approximate surface area is 81.7 Å².